The molecule has 22 heavy (non-hydrogen) atoms. The van der Waals surface area contributed by atoms with Gasteiger partial charge in [-0.05, 0) is 60.8 Å². The minimum atomic E-state index is -3.33. The second-order valence-electron chi connectivity index (χ2n) is 4.57. The normalized spacial score (nSPS) is 13.0. The van der Waals surface area contributed by atoms with Crippen LogP contribution in [-0.4, -0.2) is 10.00 Å². The minimum absolute atomic E-state index is 0. The van der Waals surface area contributed by atoms with E-state index < -0.39 is 5.69 Å². The second kappa shape index (κ2) is 8.06. The van der Waals surface area contributed by atoms with Crippen molar-refractivity contribution in [3.8, 4) is 17.2 Å². The Labute approximate surface area is 160 Å². The van der Waals surface area contributed by atoms with E-state index in [4.69, 9.17) is 16.3 Å². The Bertz CT molecular complexity index is 666. The molecule has 0 saturated carbocycles. The summed E-state index contributed by atoms with van der Waals surface area (Å²) in [6, 6.07) is 9.64. The monoisotopic (exact) mass is 364 g/mol. The van der Waals surface area contributed by atoms with Crippen LogP contribution in [0.3, 0.4) is 0 Å². The fraction of sp³-hybridized carbons (Fsp3) is 0.143. The summed E-state index contributed by atoms with van der Waals surface area (Å²) < 4.78 is 5.30. The molecule has 1 unspecified atom stereocenters. The van der Waals surface area contributed by atoms with E-state index in [2.05, 4.69) is 0 Å². The maximum absolute atomic E-state index is 11.8. The maximum atomic E-state index is 11.8. The first-order chi connectivity index (χ1) is 9.77. The number of hydrogen-bond acceptors (Lipinski definition) is 5. The standard InChI is InChI=1S/C14H15O4PS2.Na/c1-9-3-5-13(11(15)7-9)18-19(17,20)21-14-6-4-10(2)8-12(14)16;/h3-8,15-16H,1-2H3,(H,17,20);/q;+1/p-1. The van der Waals surface area contributed by atoms with Crippen molar-refractivity contribution in [1.82, 2.24) is 0 Å². The van der Waals surface area contributed by atoms with E-state index in [1.165, 1.54) is 12.1 Å². The van der Waals surface area contributed by atoms with Crippen molar-refractivity contribution in [2.24, 2.45) is 0 Å². The molecule has 0 spiro atoms. The Morgan fingerprint density at radius 1 is 1.14 bits per heavy atom. The van der Waals surface area contributed by atoms with Crippen LogP contribution in [0.4, 0.5) is 0 Å². The first-order valence-corrected chi connectivity index (χ1v) is 10.2. The number of hydrogen-bond donors (Lipinski definition) is 2. The van der Waals surface area contributed by atoms with E-state index in [9.17, 15) is 15.1 Å². The van der Waals surface area contributed by atoms with Gasteiger partial charge in [-0.1, -0.05) is 29.5 Å². The molecule has 2 aromatic rings. The second-order valence-corrected chi connectivity index (χ2v) is 10.5. The van der Waals surface area contributed by atoms with E-state index in [0.29, 0.717) is 4.90 Å². The summed E-state index contributed by atoms with van der Waals surface area (Å²) in [5, 5.41) is 21.6. The zero-order valence-corrected chi connectivity index (χ0v) is 17.0. The molecule has 0 heterocycles. The Morgan fingerprint density at radius 3 is 2.32 bits per heavy atom. The first kappa shape index (κ1) is 19.8. The summed E-state index contributed by atoms with van der Waals surface area (Å²) in [6.45, 7) is 3.63. The number of aryl methyl sites for hydroxylation is 2. The molecule has 0 aliphatic rings. The van der Waals surface area contributed by atoms with Crippen LogP contribution < -0.4 is 39.2 Å². The number of aromatic hydroxyl groups is 1. The number of rotatable bonds is 4. The van der Waals surface area contributed by atoms with Crippen molar-refractivity contribution in [2.45, 2.75) is 18.7 Å². The van der Waals surface area contributed by atoms with Crippen LogP contribution in [0.25, 0.3) is 0 Å². The fourth-order valence-electron chi connectivity index (χ4n) is 1.66. The Balaban J connectivity index is 0.00000242. The Kier molecular flexibility index (Phi) is 7.27. The Morgan fingerprint density at radius 2 is 1.73 bits per heavy atom. The van der Waals surface area contributed by atoms with Crippen LogP contribution in [0.1, 0.15) is 11.1 Å². The van der Waals surface area contributed by atoms with Crippen molar-refractivity contribution in [3.63, 3.8) is 0 Å². The molecule has 0 fully saturated rings. The smallest absolute Gasteiger partial charge is 0.870 e. The average Bonchev–Trinajstić information content (AvgIpc) is 2.36. The summed E-state index contributed by atoms with van der Waals surface area (Å²) in [5.41, 5.74) is -1.63. The molecule has 0 aliphatic heterocycles. The summed E-state index contributed by atoms with van der Waals surface area (Å²) in [7, 11) is 0. The third-order valence-electron chi connectivity index (χ3n) is 2.64. The molecule has 1 atom stereocenters. The van der Waals surface area contributed by atoms with Gasteiger partial charge in [0.15, 0.2) is 0 Å². The van der Waals surface area contributed by atoms with Gasteiger partial charge >= 0.3 is 29.6 Å². The van der Waals surface area contributed by atoms with Gasteiger partial charge in [0.2, 0.25) is 0 Å². The minimum Gasteiger partial charge on any atom is -0.870 e. The Hall–Kier alpha value is -0.200. The summed E-state index contributed by atoms with van der Waals surface area (Å²) in [4.78, 5) is 10.6. The number of phenolic OH excluding ortho intramolecular Hbond substituents is 1. The van der Waals surface area contributed by atoms with Gasteiger partial charge < -0.3 is 19.6 Å². The summed E-state index contributed by atoms with van der Waals surface area (Å²) in [6.07, 6.45) is 0. The molecule has 2 rings (SSSR count). The van der Waals surface area contributed by atoms with E-state index in [0.717, 1.165) is 22.5 Å². The van der Waals surface area contributed by atoms with Crippen molar-refractivity contribution in [3.05, 3.63) is 47.5 Å². The van der Waals surface area contributed by atoms with Crippen molar-refractivity contribution in [1.29, 1.82) is 0 Å². The van der Waals surface area contributed by atoms with Crippen molar-refractivity contribution < 1.29 is 49.2 Å². The van der Waals surface area contributed by atoms with E-state index >= 15 is 0 Å². The van der Waals surface area contributed by atoms with Gasteiger partial charge in [0.05, 0.1) is 4.90 Å². The summed E-state index contributed by atoms with van der Waals surface area (Å²) >= 11 is 5.91. The van der Waals surface area contributed by atoms with Gasteiger partial charge in [-0.25, -0.2) is 0 Å². The van der Waals surface area contributed by atoms with Crippen LogP contribution >= 0.6 is 17.1 Å². The van der Waals surface area contributed by atoms with Gasteiger partial charge in [-0.2, -0.15) is 0 Å². The fourth-order valence-corrected chi connectivity index (χ4v) is 5.15. The molecule has 0 bridgehead atoms. The molecule has 0 amide bonds. The SMILES string of the molecule is Cc1ccc(OP(O)(=S)Sc2ccc(C)cc2O)c([O-])c1.[Na+]. The van der Waals surface area contributed by atoms with Gasteiger partial charge in [-0.3, -0.25) is 0 Å². The predicted molar refractivity (Wildman–Crippen MR) is 86.5 cm³/mol. The van der Waals surface area contributed by atoms with Crippen LogP contribution in [0, 0.1) is 13.8 Å². The first-order valence-electron chi connectivity index (χ1n) is 6.06. The summed E-state index contributed by atoms with van der Waals surface area (Å²) in [5.74, 6) is -0.282. The molecular weight excluding hydrogens is 350 g/mol. The maximum Gasteiger partial charge on any atom is 1.00 e. The van der Waals surface area contributed by atoms with Crippen molar-refractivity contribution >= 4 is 28.9 Å². The molecule has 2 N–H and O–H groups in total. The van der Waals surface area contributed by atoms with Gasteiger partial charge in [0.1, 0.15) is 11.5 Å². The van der Waals surface area contributed by atoms with Crippen LogP contribution in [0.2, 0.25) is 0 Å². The average molecular weight is 364 g/mol. The van der Waals surface area contributed by atoms with E-state index in [1.807, 2.05) is 6.92 Å². The number of phenols is 1. The van der Waals surface area contributed by atoms with Crippen LogP contribution in [0.5, 0.6) is 17.2 Å². The topological polar surface area (TPSA) is 72.8 Å². The molecule has 2 aromatic carbocycles. The molecular formula is C14H14NaO4PS2. The van der Waals surface area contributed by atoms with E-state index in [1.54, 1.807) is 31.2 Å². The quantitative estimate of drug-likeness (QED) is 0.607. The zero-order chi connectivity index (χ0) is 15.6. The molecule has 112 valence electrons. The third-order valence-corrected chi connectivity index (χ3v) is 6.24. The van der Waals surface area contributed by atoms with Crippen LogP contribution in [-0.2, 0) is 11.8 Å². The number of benzene rings is 2. The molecule has 8 heteroatoms. The van der Waals surface area contributed by atoms with Gasteiger partial charge in [0.25, 0.3) is 5.69 Å². The van der Waals surface area contributed by atoms with Crippen molar-refractivity contribution in [2.75, 3.05) is 0 Å². The van der Waals surface area contributed by atoms with Crippen LogP contribution in [0.15, 0.2) is 41.3 Å². The largest absolute Gasteiger partial charge is 1.00 e. The third kappa shape index (κ3) is 5.46. The molecule has 0 aliphatic carbocycles. The molecule has 0 aromatic heterocycles. The molecule has 4 nitrogen and oxygen atoms in total. The zero-order valence-electron chi connectivity index (χ0n) is 12.4. The predicted octanol–water partition coefficient (Wildman–Crippen LogP) is 0.475. The van der Waals surface area contributed by atoms with E-state index in [-0.39, 0.29) is 46.8 Å². The molecule has 0 radical (unpaired) electrons. The van der Waals surface area contributed by atoms with Gasteiger partial charge in [0, 0.05) is 0 Å². The van der Waals surface area contributed by atoms with Gasteiger partial charge in [-0.15, -0.1) is 0 Å². The molecule has 0 saturated heterocycles.